The van der Waals surface area contributed by atoms with Crippen molar-refractivity contribution in [1.82, 2.24) is 5.32 Å². The summed E-state index contributed by atoms with van der Waals surface area (Å²) in [4.78, 5) is 23.5. The summed E-state index contributed by atoms with van der Waals surface area (Å²) in [5, 5.41) is 0.710. The Morgan fingerprint density at radius 2 is 0.830 bits per heavy atom. The number of hydrogen-bond acceptors (Lipinski definition) is 3. The number of alkyl halides is 15. The van der Waals surface area contributed by atoms with Crippen LogP contribution in [-0.2, 0) is 14.3 Å². The zero-order valence-electron chi connectivity index (χ0n) is 25.8. The largest absolute Gasteiger partial charge is 0.464 e. The lowest BCUT2D eigenvalue weighted by Crippen LogP contribution is -2.74. The first-order chi connectivity index (χ1) is 21.3. The van der Waals surface area contributed by atoms with Gasteiger partial charge in [0.25, 0.3) is 5.91 Å². The molecule has 280 valence electrons. The summed E-state index contributed by atoms with van der Waals surface area (Å²) in [7, 11) is 0. The summed E-state index contributed by atoms with van der Waals surface area (Å²) in [6.45, 7) is 2.27. The molecule has 0 spiro atoms. The fraction of sp³-hybridized carbons (Fsp3) is 0.929. The van der Waals surface area contributed by atoms with E-state index in [9.17, 15) is 75.4 Å². The number of nitrogens with one attached hydrogen (secondary N) is 1. The summed E-state index contributed by atoms with van der Waals surface area (Å²) in [5.41, 5.74) is 0. The highest BCUT2D eigenvalue weighted by Gasteiger charge is 2.94. The number of rotatable bonds is 24. The van der Waals surface area contributed by atoms with E-state index in [1.54, 1.807) is 0 Å². The molecule has 0 aliphatic heterocycles. The Bertz CT molecular complexity index is 956. The highest BCUT2D eigenvalue weighted by atomic mass is 19.4. The molecule has 0 aromatic heterocycles. The molecule has 19 heteroatoms. The number of esters is 1. The van der Waals surface area contributed by atoms with E-state index in [2.05, 4.69) is 11.7 Å². The van der Waals surface area contributed by atoms with Crippen LogP contribution in [0.5, 0.6) is 0 Å². The number of halogens is 15. The average molecular weight is 724 g/mol. The summed E-state index contributed by atoms with van der Waals surface area (Å²) in [5.74, 6) is -53.9. The topological polar surface area (TPSA) is 55.4 Å². The van der Waals surface area contributed by atoms with Crippen molar-refractivity contribution in [2.24, 2.45) is 0 Å². The van der Waals surface area contributed by atoms with Crippen LogP contribution < -0.4 is 5.32 Å². The standard InChI is InChI=1S/C28H40F15NO3/c1-3-4-5-6-7-8-9-10-11-12-13-14-15-16-17-18-47-20(45)19(2)44-21(46)22(29,30)23(31,32)24(33,34)25(35,36)26(37,38)27(39,40)28(41,42)43/h19H,3-18H2,1-2H3,(H,44,46). The van der Waals surface area contributed by atoms with Gasteiger partial charge in [0.15, 0.2) is 0 Å². The molecule has 0 rings (SSSR count). The van der Waals surface area contributed by atoms with E-state index in [0.717, 1.165) is 38.5 Å². The van der Waals surface area contributed by atoms with Crippen LogP contribution in [0.4, 0.5) is 65.9 Å². The molecule has 1 amide bonds. The molecule has 0 fully saturated rings. The molecule has 0 radical (unpaired) electrons. The van der Waals surface area contributed by atoms with E-state index in [0.29, 0.717) is 18.7 Å². The van der Waals surface area contributed by atoms with Gasteiger partial charge < -0.3 is 10.1 Å². The van der Waals surface area contributed by atoms with E-state index in [-0.39, 0.29) is 13.0 Å². The van der Waals surface area contributed by atoms with Crippen molar-refractivity contribution in [1.29, 1.82) is 0 Å². The van der Waals surface area contributed by atoms with Gasteiger partial charge >= 0.3 is 47.7 Å². The minimum Gasteiger partial charge on any atom is -0.464 e. The van der Waals surface area contributed by atoms with Crippen LogP contribution in [0.2, 0.25) is 0 Å². The summed E-state index contributed by atoms with van der Waals surface area (Å²) in [6, 6.07) is -2.34. The van der Waals surface area contributed by atoms with Gasteiger partial charge in [-0.1, -0.05) is 96.8 Å². The fourth-order valence-corrected chi connectivity index (χ4v) is 4.23. The van der Waals surface area contributed by atoms with Gasteiger partial charge in [0.05, 0.1) is 6.61 Å². The third kappa shape index (κ3) is 10.9. The lowest BCUT2D eigenvalue weighted by molar-refractivity contribution is -0.449. The van der Waals surface area contributed by atoms with Crippen LogP contribution in [0.15, 0.2) is 0 Å². The van der Waals surface area contributed by atoms with Crippen LogP contribution >= 0.6 is 0 Å². The van der Waals surface area contributed by atoms with Crippen LogP contribution in [0.1, 0.15) is 110 Å². The molecule has 0 aromatic rings. The molecule has 0 saturated carbocycles. The number of ether oxygens (including phenoxy) is 1. The van der Waals surface area contributed by atoms with Gasteiger partial charge in [-0.15, -0.1) is 0 Å². The van der Waals surface area contributed by atoms with E-state index < -0.39 is 59.6 Å². The SMILES string of the molecule is CCCCCCCCCCCCCCCCCOC(=O)C(C)NC(=O)C(F)(F)C(F)(F)C(F)(F)C(F)(F)C(F)(F)C(F)(F)C(F)(F)F. The predicted octanol–water partition coefficient (Wildman–Crippen LogP) is 10.3. The van der Waals surface area contributed by atoms with E-state index >= 15 is 0 Å². The molecule has 0 aliphatic carbocycles. The van der Waals surface area contributed by atoms with Gasteiger partial charge in [-0.2, -0.15) is 65.9 Å². The van der Waals surface area contributed by atoms with E-state index in [1.165, 1.54) is 44.9 Å². The molecule has 4 nitrogen and oxygen atoms in total. The molecule has 0 bridgehead atoms. The van der Waals surface area contributed by atoms with Crippen molar-refractivity contribution in [3.05, 3.63) is 0 Å². The van der Waals surface area contributed by atoms with Crippen molar-refractivity contribution in [3.63, 3.8) is 0 Å². The van der Waals surface area contributed by atoms with Crippen LogP contribution in [0, 0.1) is 0 Å². The van der Waals surface area contributed by atoms with Crippen LogP contribution in [0.3, 0.4) is 0 Å². The van der Waals surface area contributed by atoms with Crippen molar-refractivity contribution in [2.75, 3.05) is 6.61 Å². The lowest BCUT2D eigenvalue weighted by Gasteiger charge is -2.41. The maximum Gasteiger partial charge on any atom is 0.460 e. The second-order valence-corrected chi connectivity index (χ2v) is 11.3. The van der Waals surface area contributed by atoms with Gasteiger partial charge in [0, 0.05) is 0 Å². The second kappa shape index (κ2) is 18.0. The van der Waals surface area contributed by atoms with E-state index in [1.807, 2.05) is 0 Å². The van der Waals surface area contributed by atoms with Gasteiger partial charge in [0.2, 0.25) is 0 Å². The summed E-state index contributed by atoms with van der Waals surface area (Å²) < 4.78 is 204. The summed E-state index contributed by atoms with van der Waals surface area (Å²) >= 11 is 0. The van der Waals surface area contributed by atoms with Gasteiger partial charge in [-0.3, -0.25) is 4.79 Å². The predicted molar refractivity (Wildman–Crippen MR) is 139 cm³/mol. The normalized spacial score (nSPS) is 14.7. The van der Waals surface area contributed by atoms with Gasteiger partial charge in [0.1, 0.15) is 6.04 Å². The molecule has 0 heterocycles. The van der Waals surface area contributed by atoms with Crippen molar-refractivity contribution >= 4 is 11.9 Å². The Kier molecular flexibility index (Phi) is 17.2. The molecule has 0 aromatic carbocycles. The number of hydrogen-bond donors (Lipinski definition) is 1. The Balaban J connectivity index is 4.83. The van der Waals surface area contributed by atoms with Gasteiger partial charge in [-0.25, -0.2) is 4.79 Å². The van der Waals surface area contributed by atoms with Gasteiger partial charge in [-0.05, 0) is 13.3 Å². The minimum atomic E-state index is -8.51. The minimum absolute atomic E-state index is 0.219. The van der Waals surface area contributed by atoms with Crippen LogP contribution in [-0.4, -0.2) is 66.2 Å². The molecule has 1 unspecified atom stereocenters. The maximum atomic E-state index is 14.0. The third-order valence-corrected chi connectivity index (χ3v) is 7.31. The first kappa shape index (κ1) is 44.9. The quantitative estimate of drug-likeness (QED) is 0.0613. The first-order valence-corrected chi connectivity index (χ1v) is 15.1. The molecule has 0 aliphatic rings. The monoisotopic (exact) mass is 723 g/mol. The molecule has 1 atom stereocenters. The van der Waals surface area contributed by atoms with Crippen molar-refractivity contribution < 1.29 is 80.2 Å². The average Bonchev–Trinajstić information content (AvgIpc) is 2.95. The molecular formula is C28H40F15NO3. The highest BCUT2D eigenvalue weighted by molar-refractivity contribution is 5.89. The molecular weight excluding hydrogens is 683 g/mol. The third-order valence-electron chi connectivity index (χ3n) is 7.31. The molecule has 47 heavy (non-hydrogen) atoms. The number of carbonyl (C=O) groups excluding carboxylic acids is 2. The smallest absolute Gasteiger partial charge is 0.460 e. The van der Waals surface area contributed by atoms with Crippen molar-refractivity contribution in [3.8, 4) is 0 Å². The zero-order chi connectivity index (χ0) is 37.0. The fourth-order valence-electron chi connectivity index (χ4n) is 4.23. The lowest BCUT2D eigenvalue weighted by atomic mass is 9.90. The zero-order valence-corrected chi connectivity index (χ0v) is 25.8. The highest BCUT2D eigenvalue weighted by Crippen LogP contribution is 2.62. The second-order valence-electron chi connectivity index (χ2n) is 11.3. The number of amides is 1. The maximum absolute atomic E-state index is 14.0. The summed E-state index contributed by atoms with van der Waals surface area (Å²) in [6.07, 6.45) is 7.32. The molecule has 0 saturated heterocycles. The Morgan fingerprint density at radius 3 is 1.19 bits per heavy atom. The van der Waals surface area contributed by atoms with Crippen molar-refractivity contribution in [2.45, 2.75) is 158 Å². The Hall–Kier alpha value is -2.11. The Morgan fingerprint density at radius 1 is 0.511 bits per heavy atom. The number of unbranched alkanes of at least 4 members (excludes halogenated alkanes) is 14. The van der Waals surface area contributed by atoms with E-state index in [4.69, 9.17) is 0 Å². The molecule has 1 N–H and O–H groups in total. The Labute approximate surface area is 262 Å². The van der Waals surface area contributed by atoms with Crippen LogP contribution in [0.25, 0.3) is 0 Å². The first-order valence-electron chi connectivity index (χ1n) is 15.1. The number of carbonyl (C=O) groups is 2.